The highest BCUT2D eigenvalue weighted by Gasteiger charge is 2.41. The van der Waals surface area contributed by atoms with Crippen molar-refractivity contribution in [3.63, 3.8) is 0 Å². The van der Waals surface area contributed by atoms with E-state index in [-0.39, 0.29) is 23.8 Å². The summed E-state index contributed by atoms with van der Waals surface area (Å²) in [4.78, 5) is 30.5. The van der Waals surface area contributed by atoms with Gasteiger partial charge in [0.05, 0.1) is 6.04 Å². The van der Waals surface area contributed by atoms with Gasteiger partial charge in [-0.1, -0.05) is 0 Å². The lowest BCUT2D eigenvalue weighted by Gasteiger charge is -2.24. The molecule has 3 rings (SSSR count). The Kier molecular flexibility index (Phi) is 5.07. The summed E-state index contributed by atoms with van der Waals surface area (Å²) in [5.41, 5.74) is -0.442. The summed E-state index contributed by atoms with van der Waals surface area (Å²) in [5.74, 6) is 3.43. The molecule has 2 atom stereocenters. The highest BCUT2D eigenvalue weighted by Crippen LogP contribution is 2.38. The number of carbonyl (C=O) groups excluding carboxylic acids is 2. The smallest absolute Gasteiger partial charge is 0.223 e. The van der Waals surface area contributed by atoms with Crippen molar-refractivity contribution >= 4 is 11.8 Å². The fraction of sp³-hybridized carbons (Fsp3) is 0.611. The number of amides is 2. The fourth-order valence-corrected chi connectivity index (χ4v) is 3.50. The van der Waals surface area contributed by atoms with Gasteiger partial charge in [0.1, 0.15) is 5.82 Å². The van der Waals surface area contributed by atoms with E-state index in [0.717, 1.165) is 5.82 Å². The van der Waals surface area contributed by atoms with Gasteiger partial charge in [-0.05, 0) is 0 Å². The third-order valence-electron chi connectivity index (χ3n) is 5.18. The Morgan fingerprint density at radius 2 is 2.19 bits per heavy atom. The Morgan fingerprint density at radius 3 is 2.81 bits per heavy atom. The van der Waals surface area contributed by atoms with Crippen LogP contribution in [-0.2, 0) is 16.6 Å². The molecule has 2 aliphatic rings. The van der Waals surface area contributed by atoms with Crippen molar-refractivity contribution < 1.29 is 9.59 Å². The number of nitrogens with zero attached hydrogens (tertiary/aromatic N) is 5. The van der Waals surface area contributed by atoms with E-state index in [9.17, 15) is 9.59 Å². The standard InChI is InChI=1S/C18H24N6O2/c1-4-5-7-18(21-22-18)8-6-14(25)20-12-13-11-15(26)24(3)16(13)17-19-9-10-23(17)2/h1,9-10,13,16H,5-8,11-12H2,2-3H3,(H,20,25)/t13-,16+/m1/s1. The van der Waals surface area contributed by atoms with Crippen LogP contribution in [0.5, 0.6) is 0 Å². The Balaban J connectivity index is 1.52. The third kappa shape index (κ3) is 3.77. The molecule has 0 aliphatic carbocycles. The Hall–Kier alpha value is -2.69. The maximum atomic E-state index is 12.2. The molecule has 0 bridgehead atoms. The van der Waals surface area contributed by atoms with Crippen molar-refractivity contribution in [2.75, 3.05) is 13.6 Å². The van der Waals surface area contributed by atoms with E-state index in [4.69, 9.17) is 6.42 Å². The number of carbonyl (C=O) groups is 2. The van der Waals surface area contributed by atoms with E-state index < -0.39 is 5.66 Å². The number of rotatable bonds is 8. The average molecular weight is 356 g/mol. The van der Waals surface area contributed by atoms with Gasteiger partial charge in [0.25, 0.3) is 0 Å². The molecular weight excluding hydrogens is 332 g/mol. The molecule has 138 valence electrons. The number of likely N-dealkylation sites (tertiary alicyclic amines) is 1. The zero-order chi connectivity index (χ0) is 18.7. The molecule has 3 heterocycles. The average Bonchev–Trinajstić information content (AvgIpc) is 3.20. The summed E-state index contributed by atoms with van der Waals surface area (Å²) in [7, 11) is 3.70. The largest absolute Gasteiger partial charge is 0.356 e. The van der Waals surface area contributed by atoms with Crippen molar-refractivity contribution in [1.82, 2.24) is 19.8 Å². The van der Waals surface area contributed by atoms with Crippen LogP contribution in [0.4, 0.5) is 0 Å². The Morgan fingerprint density at radius 1 is 1.42 bits per heavy atom. The normalized spacial score (nSPS) is 23.1. The first-order valence-corrected chi connectivity index (χ1v) is 8.83. The molecule has 8 heteroatoms. The molecule has 0 saturated carbocycles. The van der Waals surface area contributed by atoms with Gasteiger partial charge in [-0.2, -0.15) is 10.2 Å². The second-order valence-corrected chi connectivity index (χ2v) is 7.00. The van der Waals surface area contributed by atoms with Crippen LogP contribution in [0.3, 0.4) is 0 Å². The van der Waals surface area contributed by atoms with Crippen LogP contribution in [0, 0.1) is 18.3 Å². The first-order valence-electron chi connectivity index (χ1n) is 8.83. The van der Waals surface area contributed by atoms with Crippen molar-refractivity contribution in [3.8, 4) is 12.3 Å². The number of hydrogen-bond donors (Lipinski definition) is 1. The molecule has 26 heavy (non-hydrogen) atoms. The molecular formula is C18H24N6O2. The molecule has 0 radical (unpaired) electrons. The monoisotopic (exact) mass is 356 g/mol. The third-order valence-corrected chi connectivity index (χ3v) is 5.18. The zero-order valence-corrected chi connectivity index (χ0v) is 15.2. The molecule has 2 amide bonds. The van der Waals surface area contributed by atoms with E-state index in [1.54, 1.807) is 18.1 Å². The van der Waals surface area contributed by atoms with Gasteiger partial charge in [-0.15, -0.1) is 12.3 Å². The van der Waals surface area contributed by atoms with Crippen molar-refractivity contribution in [2.45, 2.75) is 43.8 Å². The predicted molar refractivity (Wildman–Crippen MR) is 94.7 cm³/mol. The number of aryl methyl sites for hydroxylation is 1. The van der Waals surface area contributed by atoms with Crippen LogP contribution in [0.1, 0.15) is 44.0 Å². The summed E-state index contributed by atoms with van der Waals surface area (Å²) >= 11 is 0. The van der Waals surface area contributed by atoms with Gasteiger partial charge in [-0.25, -0.2) is 4.98 Å². The van der Waals surface area contributed by atoms with Crippen molar-refractivity contribution in [2.24, 2.45) is 23.2 Å². The lowest BCUT2D eigenvalue weighted by atomic mass is 9.99. The van der Waals surface area contributed by atoms with E-state index in [0.29, 0.717) is 38.6 Å². The molecule has 1 fully saturated rings. The first kappa shape index (κ1) is 18.1. The molecule has 1 saturated heterocycles. The van der Waals surface area contributed by atoms with Gasteiger partial charge in [-0.3, -0.25) is 9.59 Å². The van der Waals surface area contributed by atoms with Crippen LogP contribution >= 0.6 is 0 Å². The predicted octanol–water partition coefficient (Wildman–Crippen LogP) is 1.41. The molecule has 8 nitrogen and oxygen atoms in total. The fourth-order valence-electron chi connectivity index (χ4n) is 3.50. The van der Waals surface area contributed by atoms with E-state index >= 15 is 0 Å². The Bertz CT molecular complexity index is 756. The number of nitrogens with one attached hydrogen (secondary N) is 1. The number of imidazole rings is 1. The number of terminal acetylenes is 1. The minimum absolute atomic E-state index is 0.00301. The molecule has 0 unspecified atom stereocenters. The first-order chi connectivity index (χ1) is 12.5. The summed E-state index contributed by atoms with van der Waals surface area (Å²) in [6, 6.07) is -0.127. The van der Waals surface area contributed by atoms with E-state index in [1.165, 1.54) is 0 Å². The van der Waals surface area contributed by atoms with Gasteiger partial charge < -0.3 is 14.8 Å². The van der Waals surface area contributed by atoms with E-state index in [1.807, 2.05) is 17.8 Å². The summed E-state index contributed by atoms with van der Waals surface area (Å²) < 4.78 is 1.92. The lowest BCUT2D eigenvalue weighted by Crippen LogP contribution is -2.34. The molecule has 0 aromatic carbocycles. The summed E-state index contributed by atoms with van der Waals surface area (Å²) in [5, 5.41) is 11.0. The highest BCUT2D eigenvalue weighted by atomic mass is 16.2. The maximum absolute atomic E-state index is 12.2. The second kappa shape index (κ2) is 7.28. The van der Waals surface area contributed by atoms with Gasteiger partial charge in [0.15, 0.2) is 5.66 Å². The summed E-state index contributed by atoms with van der Waals surface area (Å²) in [6.07, 6.45) is 11.5. The lowest BCUT2D eigenvalue weighted by molar-refractivity contribution is -0.127. The van der Waals surface area contributed by atoms with Crippen LogP contribution in [0.25, 0.3) is 0 Å². The van der Waals surface area contributed by atoms with Gasteiger partial charge >= 0.3 is 0 Å². The molecule has 2 aliphatic heterocycles. The topological polar surface area (TPSA) is 92.0 Å². The van der Waals surface area contributed by atoms with E-state index in [2.05, 4.69) is 26.4 Å². The van der Waals surface area contributed by atoms with Crippen molar-refractivity contribution in [1.29, 1.82) is 0 Å². The number of hydrogen-bond acceptors (Lipinski definition) is 5. The molecule has 0 spiro atoms. The van der Waals surface area contributed by atoms with Gasteiger partial charge in [0.2, 0.25) is 11.8 Å². The van der Waals surface area contributed by atoms with Crippen LogP contribution in [0.15, 0.2) is 22.6 Å². The second-order valence-electron chi connectivity index (χ2n) is 7.00. The maximum Gasteiger partial charge on any atom is 0.223 e. The Labute approximate surface area is 153 Å². The number of aromatic nitrogens is 2. The minimum atomic E-state index is -0.442. The summed E-state index contributed by atoms with van der Waals surface area (Å²) in [6.45, 7) is 0.443. The highest BCUT2D eigenvalue weighted by molar-refractivity contribution is 5.80. The van der Waals surface area contributed by atoms with Crippen LogP contribution in [0.2, 0.25) is 0 Å². The van der Waals surface area contributed by atoms with Gasteiger partial charge in [0, 0.05) is 71.1 Å². The molecule has 1 N–H and O–H groups in total. The van der Waals surface area contributed by atoms with Crippen LogP contribution < -0.4 is 5.32 Å². The van der Waals surface area contributed by atoms with Crippen molar-refractivity contribution in [3.05, 3.63) is 18.2 Å². The molecule has 1 aromatic rings. The minimum Gasteiger partial charge on any atom is -0.356 e. The van der Waals surface area contributed by atoms with Crippen LogP contribution in [-0.4, -0.2) is 45.5 Å². The SMILES string of the molecule is C#CCCC1(CCC(=O)NC[C@H]2CC(=O)N(C)[C@@H]2c2nccn2C)N=N1. The zero-order valence-electron chi connectivity index (χ0n) is 15.2. The quantitative estimate of drug-likeness (QED) is 0.714. The molecule has 1 aromatic heterocycles.